The van der Waals surface area contributed by atoms with Gasteiger partial charge in [-0.2, -0.15) is 0 Å². The van der Waals surface area contributed by atoms with E-state index in [0.29, 0.717) is 0 Å². The Bertz CT molecular complexity index is 860. The molecule has 0 saturated heterocycles. The molecule has 0 amide bonds. The highest BCUT2D eigenvalue weighted by Crippen LogP contribution is 2.28. The molecule has 0 saturated carbocycles. The average Bonchev–Trinajstić information content (AvgIpc) is 2.73. The van der Waals surface area contributed by atoms with Gasteiger partial charge in [0.15, 0.2) is 0 Å². The van der Waals surface area contributed by atoms with Crippen molar-refractivity contribution in [1.29, 1.82) is 0 Å². The van der Waals surface area contributed by atoms with E-state index in [2.05, 4.69) is 12.1 Å². The molecule has 0 spiro atoms. The van der Waals surface area contributed by atoms with Crippen molar-refractivity contribution in [2.45, 2.75) is 6.42 Å². The van der Waals surface area contributed by atoms with E-state index in [4.69, 9.17) is 14.2 Å². The highest BCUT2D eigenvalue weighted by Gasteiger charge is 2.32. The lowest BCUT2D eigenvalue weighted by atomic mass is 10.0. The molecule has 0 aromatic heterocycles. The molecule has 27 heavy (non-hydrogen) atoms. The summed E-state index contributed by atoms with van der Waals surface area (Å²) >= 11 is 0. The number of ether oxygens (including phenoxy) is 3. The molecule has 140 valence electrons. The summed E-state index contributed by atoms with van der Waals surface area (Å²) in [5.74, 6) is -1.22. The van der Waals surface area contributed by atoms with Gasteiger partial charge in [-0.3, -0.25) is 0 Å². The quantitative estimate of drug-likeness (QED) is 0.757. The van der Waals surface area contributed by atoms with Crippen molar-refractivity contribution in [2.24, 2.45) is 0 Å². The second-order valence-electron chi connectivity index (χ2n) is 6.05. The Balaban J connectivity index is 1.97. The van der Waals surface area contributed by atoms with Gasteiger partial charge >= 0.3 is 11.9 Å². The van der Waals surface area contributed by atoms with Crippen LogP contribution in [0.25, 0.3) is 0 Å². The largest absolute Gasteiger partial charge is 0.466 e. The molecule has 3 rings (SSSR count). The topological polar surface area (TPSA) is 65.1 Å². The maximum Gasteiger partial charge on any atom is 0.355 e. The molecule has 0 fully saturated rings. The van der Waals surface area contributed by atoms with Crippen LogP contribution in [0.3, 0.4) is 0 Å². The van der Waals surface area contributed by atoms with E-state index in [0.717, 1.165) is 17.7 Å². The molecule has 0 radical (unpaired) electrons. The smallest absolute Gasteiger partial charge is 0.355 e. The predicted molar refractivity (Wildman–Crippen MR) is 100 cm³/mol. The minimum absolute atomic E-state index is 0.00267. The van der Waals surface area contributed by atoms with E-state index in [1.807, 2.05) is 42.5 Å². The van der Waals surface area contributed by atoms with Gasteiger partial charge in [0.2, 0.25) is 0 Å². The molecule has 1 aliphatic heterocycles. The molecule has 0 atom stereocenters. The summed E-state index contributed by atoms with van der Waals surface area (Å²) in [4.78, 5) is 26.1. The van der Waals surface area contributed by atoms with Gasteiger partial charge in [0.05, 0.1) is 26.4 Å². The molecule has 2 aromatic rings. The normalized spacial score (nSPS) is 14.1. The lowest BCUT2D eigenvalue weighted by molar-refractivity contribution is -0.140. The minimum Gasteiger partial charge on any atom is -0.466 e. The van der Waals surface area contributed by atoms with Crippen LogP contribution < -0.4 is 4.90 Å². The molecular weight excluding hydrogens is 346 g/mol. The molecular formula is C21H21NO5. The summed E-state index contributed by atoms with van der Waals surface area (Å²) in [6.07, 6.45) is 0.754. The standard InChI is InChI=1S/C21H21NO5/c1-25-20(23)18-13-27-14-22(19(18)21(24)26-2)17-10-6-9-16(12-17)11-15-7-4-3-5-8-15/h3-10,12H,11,13-14H2,1-2H3. The maximum atomic E-state index is 12.4. The molecule has 0 aliphatic carbocycles. The fourth-order valence-corrected chi connectivity index (χ4v) is 3.01. The fourth-order valence-electron chi connectivity index (χ4n) is 3.01. The first-order chi connectivity index (χ1) is 13.1. The van der Waals surface area contributed by atoms with Crippen LogP contribution in [0, 0.1) is 0 Å². The molecule has 2 aromatic carbocycles. The molecule has 0 unspecified atom stereocenters. The van der Waals surface area contributed by atoms with Crippen LogP contribution in [0.2, 0.25) is 0 Å². The molecule has 1 aliphatic rings. The first-order valence-electron chi connectivity index (χ1n) is 8.52. The number of benzene rings is 2. The van der Waals surface area contributed by atoms with E-state index < -0.39 is 11.9 Å². The minimum atomic E-state index is -0.611. The molecule has 0 N–H and O–H groups in total. The molecule has 1 heterocycles. The van der Waals surface area contributed by atoms with Crippen LogP contribution >= 0.6 is 0 Å². The Labute approximate surface area is 158 Å². The number of carbonyl (C=O) groups is 2. The van der Waals surface area contributed by atoms with Crippen molar-refractivity contribution in [2.75, 3.05) is 32.5 Å². The Morgan fingerprint density at radius 3 is 2.37 bits per heavy atom. The number of carbonyl (C=O) groups excluding carboxylic acids is 2. The van der Waals surface area contributed by atoms with Crippen LogP contribution in [0.4, 0.5) is 5.69 Å². The van der Waals surface area contributed by atoms with E-state index >= 15 is 0 Å². The number of esters is 2. The van der Waals surface area contributed by atoms with E-state index in [9.17, 15) is 9.59 Å². The highest BCUT2D eigenvalue weighted by atomic mass is 16.5. The monoisotopic (exact) mass is 367 g/mol. The number of rotatable bonds is 5. The van der Waals surface area contributed by atoms with Crippen LogP contribution in [0.5, 0.6) is 0 Å². The number of anilines is 1. The average molecular weight is 367 g/mol. The second-order valence-corrected chi connectivity index (χ2v) is 6.05. The Morgan fingerprint density at radius 1 is 0.963 bits per heavy atom. The highest BCUT2D eigenvalue weighted by molar-refractivity contribution is 6.03. The summed E-state index contributed by atoms with van der Waals surface area (Å²) < 4.78 is 15.2. The van der Waals surface area contributed by atoms with Gasteiger partial charge in [0, 0.05) is 5.69 Å². The zero-order valence-electron chi connectivity index (χ0n) is 15.3. The van der Waals surface area contributed by atoms with E-state index in [-0.39, 0.29) is 24.6 Å². The van der Waals surface area contributed by atoms with Crippen molar-refractivity contribution in [1.82, 2.24) is 0 Å². The predicted octanol–water partition coefficient (Wildman–Crippen LogP) is 2.67. The third kappa shape index (κ3) is 4.17. The summed E-state index contributed by atoms with van der Waals surface area (Å²) in [6, 6.07) is 17.9. The van der Waals surface area contributed by atoms with Gasteiger partial charge < -0.3 is 19.1 Å². The number of nitrogens with zero attached hydrogens (tertiary/aromatic N) is 1. The van der Waals surface area contributed by atoms with Crippen LogP contribution in [-0.4, -0.2) is 39.5 Å². The van der Waals surface area contributed by atoms with Crippen molar-refractivity contribution >= 4 is 17.6 Å². The van der Waals surface area contributed by atoms with Gasteiger partial charge in [-0.05, 0) is 29.7 Å². The summed E-state index contributed by atoms with van der Waals surface area (Å²) in [7, 11) is 2.55. The second kappa shape index (κ2) is 8.51. The maximum absolute atomic E-state index is 12.4. The molecule has 6 heteroatoms. The van der Waals surface area contributed by atoms with E-state index in [1.165, 1.54) is 19.8 Å². The number of hydrogen-bond acceptors (Lipinski definition) is 6. The number of hydrogen-bond donors (Lipinski definition) is 0. The van der Waals surface area contributed by atoms with Crippen LogP contribution in [-0.2, 0) is 30.2 Å². The van der Waals surface area contributed by atoms with Crippen molar-refractivity contribution < 1.29 is 23.8 Å². The first kappa shape index (κ1) is 18.7. The Hall–Kier alpha value is -3.12. The lowest BCUT2D eigenvalue weighted by Gasteiger charge is -2.31. The van der Waals surface area contributed by atoms with Gasteiger partial charge in [0.1, 0.15) is 12.4 Å². The first-order valence-corrected chi connectivity index (χ1v) is 8.52. The van der Waals surface area contributed by atoms with Gasteiger partial charge in [-0.15, -0.1) is 0 Å². The van der Waals surface area contributed by atoms with Crippen LogP contribution in [0.15, 0.2) is 65.9 Å². The lowest BCUT2D eigenvalue weighted by Crippen LogP contribution is -2.38. The van der Waals surface area contributed by atoms with E-state index in [1.54, 1.807) is 4.90 Å². The summed E-state index contributed by atoms with van der Waals surface area (Å²) in [5, 5.41) is 0. The zero-order chi connectivity index (χ0) is 19.2. The SMILES string of the molecule is COC(=O)C1=C(C(=O)OC)N(c2cccc(Cc3ccccc3)c2)COC1. The van der Waals surface area contributed by atoms with Crippen molar-refractivity contribution in [3.05, 3.63) is 77.0 Å². The van der Waals surface area contributed by atoms with Gasteiger partial charge in [-0.1, -0.05) is 42.5 Å². The fraction of sp³-hybridized carbons (Fsp3) is 0.238. The Morgan fingerprint density at radius 2 is 1.67 bits per heavy atom. The summed E-state index contributed by atoms with van der Waals surface area (Å²) in [6.45, 7) is 0.136. The number of methoxy groups -OCH3 is 2. The zero-order valence-corrected chi connectivity index (χ0v) is 15.3. The molecule has 0 bridgehead atoms. The third-order valence-corrected chi connectivity index (χ3v) is 4.31. The van der Waals surface area contributed by atoms with Crippen LogP contribution in [0.1, 0.15) is 11.1 Å². The van der Waals surface area contributed by atoms with Gasteiger partial charge in [-0.25, -0.2) is 9.59 Å². The Kier molecular flexibility index (Phi) is 5.88. The van der Waals surface area contributed by atoms with Crippen molar-refractivity contribution in [3.63, 3.8) is 0 Å². The summed E-state index contributed by atoms with van der Waals surface area (Å²) in [5.41, 5.74) is 3.29. The van der Waals surface area contributed by atoms with Crippen molar-refractivity contribution in [3.8, 4) is 0 Å². The third-order valence-electron chi connectivity index (χ3n) is 4.31. The van der Waals surface area contributed by atoms with Gasteiger partial charge in [0.25, 0.3) is 0 Å². The molecule has 6 nitrogen and oxygen atoms in total.